The van der Waals surface area contributed by atoms with E-state index >= 15 is 0 Å². The molecule has 0 spiro atoms. The van der Waals surface area contributed by atoms with E-state index in [1.54, 1.807) is 6.92 Å². The lowest BCUT2D eigenvalue weighted by molar-refractivity contribution is 0.180. The standard InChI is InChI=1S/C13H14N2O3/c1-8-14-13(15-18-8)7-17-10-3-4-11-9(6-10)2-5-12(11)16/h3-4,6,12,16H,2,5,7H2,1H3/t12-/m0/s1. The highest BCUT2D eigenvalue weighted by Gasteiger charge is 2.20. The summed E-state index contributed by atoms with van der Waals surface area (Å²) in [6, 6.07) is 5.75. The molecule has 0 bridgehead atoms. The predicted octanol–water partition coefficient (Wildman–Crippen LogP) is 1.94. The summed E-state index contributed by atoms with van der Waals surface area (Å²) < 4.78 is 10.5. The van der Waals surface area contributed by atoms with Gasteiger partial charge in [-0.05, 0) is 36.1 Å². The van der Waals surface area contributed by atoms with Crippen LogP contribution in [0.25, 0.3) is 0 Å². The summed E-state index contributed by atoms with van der Waals surface area (Å²) in [7, 11) is 0. The van der Waals surface area contributed by atoms with Gasteiger partial charge in [-0.1, -0.05) is 11.2 Å². The fraction of sp³-hybridized carbons (Fsp3) is 0.385. The maximum Gasteiger partial charge on any atom is 0.223 e. The highest BCUT2D eigenvalue weighted by atomic mass is 16.5. The molecule has 0 unspecified atom stereocenters. The van der Waals surface area contributed by atoms with Crippen molar-refractivity contribution in [1.29, 1.82) is 0 Å². The number of aliphatic hydroxyl groups is 1. The van der Waals surface area contributed by atoms with Gasteiger partial charge >= 0.3 is 0 Å². The molecule has 0 saturated carbocycles. The van der Waals surface area contributed by atoms with Crippen LogP contribution in [0.1, 0.15) is 35.4 Å². The van der Waals surface area contributed by atoms with Gasteiger partial charge in [0.25, 0.3) is 0 Å². The number of ether oxygens (including phenoxy) is 1. The third-order valence-electron chi connectivity index (χ3n) is 3.10. The first-order valence-corrected chi connectivity index (χ1v) is 5.95. The molecule has 3 rings (SSSR count). The fourth-order valence-electron chi connectivity index (χ4n) is 2.21. The molecule has 0 radical (unpaired) electrons. The van der Waals surface area contributed by atoms with Crippen LogP contribution >= 0.6 is 0 Å². The Morgan fingerprint density at radius 3 is 3.17 bits per heavy atom. The largest absolute Gasteiger partial charge is 0.485 e. The summed E-state index contributed by atoms with van der Waals surface area (Å²) in [6.45, 7) is 2.03. The van der Waals surface area contributed by atoms with Crippen LogP contribution in [0.15, 0.2) is 22.7 Å². The van der Waals surface area contributed by atoms with Gasteiger partial charge < -0.3 is 14.4 Å². The lowest BCUT2D eigenvalue weighted by atomic mass is 10.1. The molecule has 94 valence electrons. The lowest BCUT2D eigenvalue weighted by Crippen LogP contribution is -1.98. The van der Waals surface area contributed by atoms with Crippen LogP contribution < -0.4 is 4.74 Å². The molecule has 1 aromatic carbocycles. The summed E-state index contributed by atoms with van der Waals surface area (Å²) in [5.74, 6) is 1.84. The highest BCUT2D eigenvalue weighted by Crippen LogP contribution is 2.33. The van der Waals surface area contributed by atoms with Crippen molar-refractivity contribution in [2.24, 2.45) is 0 Å². The Hall–Kier alpha value is -1.88. The van der Waals surface area contributed by atoms with E-state index in [-0.39, 0.29) is 6.10 Å². The Kier molecular flexibility index (Phi) is 2.76. The van der Waals surface area contributed by atoms with Crippen LogP contribution in [-0.2, 0) is 13.0 Å². The quantitative estimate of drug-likeness (QED) is 0.896. The minimum Gasteiger partial charge on any atom is -0.485 e. The van der Waals surface area contributed by atoms with E-state index in [0.717, 1.165) is 29.7 Å². The molecule has 0 amide bonds. The third kappa shape index (κ3) is 2.09. The van der Waals surface area contributed by atoms with Crippen molar-refractivity contribution in [2.75, 3.05) is 0 Å². The van der Waals surface area contributed by atoms with Crippen molar-refractivity contribution in [1.82, 2.24) is 10.1 Å². The molecule has 1 aromatic heterocycles. The van der Waals surface area contributed by atoms with Crippen molar-refractivity contribution in [3.05, 3.63) is 41.0 Å². The monoisotopic (exact) mass is 246 g/mol. The van der Waals surface area contributed by atoms with Crippen molar-refractivity contribution in [3.63, 3.8) is 0 Å². The van der Waals surface area contributed by atoms with Gasteiger partial charge in [0, 0.05) is 6.92 Å². The minimum atomic E-state index is -0.325. The van der Waals surface area contributed by atoms with E-state index in [9.17, 15) is 5.11 Å². The van der Waals surface area contributed by atoms with Crippen LogP contribution in [0.3, 0.4) is 0 Å². The zero-order valence-electron chi connectivity index (χ0n) is 10.1. The summed E-state index contributed by atoms with van der Waals surface area (Å²) >= 11 is 0. The average Bonchev–Trinajstić information content (AvgIpc) is 2.94. The number of aliphatic hydroxyl groups excluding tert-OH is 1. The number of benzene rings is 1. The number of fused-ring (bicyclic) bond motifs is 1. The van der Waals surface area contributed by atoms with E-state index < -0.39 is 0 Å². The number of hydrogen-bond acceptors (Lipinski definition) is 5. The third-order valence-corrected chi connectivity index (χ3v) is 3.10. The second kappa shape index (κ2) is 4.42. The van der Waals surface area contributed by atoms with Crippen LogP contribution in [0.5, 0.6) is 5.75 Å². The van der Waals surface area contributed by atoms with Gasteiger partial charge in [0.15, 0.2) is 6.61 Å². The average molecular weight is 246 g/mol. The maximum absolute atomic E-state index is 9.71. The van der Waals surface area contributed by atoms with Gasteiger partial charge in [0.1, 0.15) is 5.75 Å². The molecule has 1 aliphatic carbocycles. The van der Waals surface area contributed by atoms with Gasteiger partial charge in [-0.25, -0.2) is 0 Å². The van der Waals surface area contributed by atoms with Gasteiger partial charge in [0.05, 0.1) is 6.10 Å². The van der Waals surface area contributed by atoms with Gasteiger partial charge in [-0.3, -0.25) is 0 Å². The van der Waals surface area contributed by atoms with E-state index in [0.29, 0.717) is 18.3 Å². The maximum atomic E-state index is 9.71. The number of aromatic nitrogens is 2. The van der Waals surface area contributed by atoms with Crippen LogP contribution in [0, 0.1) is 6.92 Å². The van der Waals surface area contributed by atoms with Crippen molar-refractivity contribution in [3.8, 4) is 5.75 Å². The Bertz CT molecular complexity index is 565. The van der Waals surface area contributed by atoms with Crippen LogP contribution in [0.4, 0.5) is 0 Å². The Morgan fingerprint density at radius 1 is 1.50 bits per heavy atom. The Morgan fingerprint density at radius 2 is 2.39 bits per heavy atom. The van der Waals surface area contributed by atoms with Gasteiger partial charge in [0.2, 0.25) is 11.7 Å². The number of rotatable bonds is 3. The first-order valence-electron chi connectivity index (χ1n) is 5.95. The van der Waals surface area contributed by atoms with E-state index in [4.69, 9.17) is 9.26 Å². The van der Waals surface area contributed by atoms with Crippen LogP contribution in [-0.4, -0.2) is 15.2 Å². The zero-order valence-corrected chi connectivity index (χ0v) is 10.1. The molecule has 0 saturated heterocycles. The molecule has 1 N–H and O–H groups in total. The fourth-order valence-corrected chi connectivity index (χ4v) is 2.21. The second-order valence-electron chi connectivity index (χ2n) is 4.43. The zero-order chi connectivity index (χ0) is 12.5. The number of hydrogen-bond donors (Lipinski definition) is 1. The van der Waals surface area contributed by atoms with E-state index in [1.165, 1.54) is 0 Å². The van der Waals surface area contributed by atoms with Crippen molar-refractivity contribution >= 4 is 0 Å². The molecular weight excluding hydrogens is 232 g/mol. The normalized spacial score (nSPS) is 17.8. The Labute approximate surface area is 104 Å². The molecule has 1 atom stereocenters. The first-order chi connectivity index (χ1) is 8.72. The Balaban J connectivity index is 1.70. The summed E-state index contributed by atoms with van der Waals surface area (Å²) in [5.41, 5.74) is 2.17. The molecule has 0 fully saturated rings. The second-order valence-corrected chi connectivity index (χ2v) is 4.43. The summed E-state index contributed by atoms with van der Waals surface area (Å²) in [4.78, 5) is 4.07. The van der Waals surface area contributed by atoms with Crippen molar-refractivity contribution < 1.29 is 14.4 Å². The molecule has 1 aliphatic rings. The smallest absolute Gasteiger partial charge is 0.223 e. The lowest BCUT2D eigenvalue weighted by Gasteiger charge is -2.07. The molecule has 1 heterocycles. The molecule has 5 nitrogen and oxygen atoms in total. The first kappa shape index (κ1) is 11.2. The van der Waals surface area contributed by atoms with Gasteiger partial charge in [-0.15, -0.1) is 0 Å². The number of aryl methyl sites for hydroxylation is 2. The van der Waals surface area contributed by atoms with E-state index in [2.05, 4.69) is 10.1 Å². The van der Waals surface area contributed by atoms with Crippen molar-refractivity contribution in [2.45, 2.75) is 32.5 Å². The molecule has 0 aliphatic heterocycles. The summed E-state index contributed by atoms with van der Waals surface area (Å²) in [5, 5.41) is 13.5. The predicted molar refractivity (Wildman–Crippen MR) is 63.1 cm³/mol. The van der Waals surface area contributed by atoms with Gasteiger partial charge in [-0.2, -0.15) is 4.98 Å². The van der Waals surface area contributed by atoms with E-state index in [1.807, 2.05) is 18.2 Å². The van der Waals surface area contributed by atoms with Crippen LogP contribution in [0.2, 0.25) is 0 Å². The summed E-state index contributed by atoms with van der Waals surface area (Å²) in [6.07, 6.45) is 1.37. The SMILES string of the molecule is Cc1nc(COc2ccc3c(c2)CC[C@@H]3O)no1. The topological polar surface area (TPSA) is 68.4 Å². The molecule has 18 heavy (non-hydrogen) atoms. The molecular formula is C13H14N2O3. The molecule has 5 heteroatoms. The minimum absolute atomic E-state index is 0.290. The molecule has 2 aromatic rings. The highest BCUT2D eigenvalue weighted by molar-refractivity contribution is 5.39. The number of nitrogens with zero attached hydrogens (tertiary/aromatic N) is 2.